The van der Waals surface area contributed by atoms with Crippen LogP contribution in [0, 0.1) is 0 Å². The van der Waals surface area contributed by atoms with E-state index < -0.39 is 10.0 Å². The Kier molecular flexibility index (Phi) is 8.45. The molecule has 0 spiro atoms. The van der Waals surface area contributed by atoms with Crippen molar-refractivity contribution in [1.29, 1.82) is 0 Å². The molecule has 1 N–H and O–H groups in total. The predicted molar refractivity (Wildman–Crippen MR) is 113 cm³/mol. The molecule has 0 bridgehead atoms. The Balaban J connectivity index is 2.22. The number of carbonyl (C=O) groups excluding carboxylic acids is 1. The average molecular weight is 428 g/mol. The number of nitrogens with one attached hydrogen (secondary N) is 1. The first-order valence-corrected chi connectivity index (χ1v) is 11.6. The van der Waals surface area contributed by atoms with Crippen LogP contribution >= 0.6 is 0 Å². The maximum absolute atomic E-state index is 12.8. The van der Waals surface area contributed by atoms with Crippen molar-refractivity contribution in [2.75, 3.05) is 44.6 Å². The second-order valence-corrected chi connectivity index (χ2v) is 9.12. The molecule has 1 saturated heterocycles. The first-order chi connectivity index (χ1) is 13.7. The number of ether oxygens (including phenoxy) is 2. The summed E-state index contributed by atoms with van der Waals surface area (Å²) in [4.78, 5) is 14.8. The Morgan fingerprint density at radius 2 is 1.83 bits per heavy atom. The summed E-state index contributed by atoms with van der Waals surface area (Å²) in [6.45, 7) is 12.1. The highest BCUT2D eigenvalue weighted by molar-refractivity contribution is 7.89. The predicted octanol–water partition coefficient (Wildman–Crippen LogP) is 2.16. The Morgan fingerprint density at radius 3 is 2.38 bits per heavy atom. The summed E-state index contributed by atoms with van der Waals surface area (Å²) in [5.41, 5.74) is 0.361. The lowest BCUT2D eigenvalue weighted by molar-refractivity contribution is -0.121. The molecule has 1 aromatic rings. The van der Waals surface area contributed by atoms with E-state index in [-0.39, 0.29) is 29.6 Å². The van der Waals surface area contributed by atoms with E-state index in [1.165, 1.54) is 16.4 Å². The molecule has 1 heterocycles. The van der Waals surface area contributed by atoms with Crippen molar-refractivity contribution in [3.63, 3.8) is 0 Å². The van der Waals surface area contributed by atoms with Crippen molar-refractivity contribution in [1.82, 2.24) is 9.21 Å². The van der Waals surface area contributed by atoms with E-state index in [9.17, 15) is 13.2 Å². The van der Waals surface area contributed by atoms with Crippen LogP contribution in [0.3, 0.4) is 0 Å². The number of hydrogen-bond acceptors (Lipinski definition) is 6. The van der Waals surface area contributed by atoms with Gasteiger partial charge < -0.3 is 14.8 Å². The topological polar surface area (TPSA) is 88.2 Å². The number of nitrogens with zero attached hydrogens (tertiary/aromatic N) is 2. The highest BCUT2D eigenvalue weighted by atomic mass is 32.2. The average Bonchev–Trinajstić information content (AvgIpc) is 2.63. The number of benzene rings is 1. The van der Waals surface area contributed by atoms with Crippen LogP contribution in [-0.4, -0.2) is 75.1 Å². The van der Waals surface area contributed by atoms with Gasteiger partial charge in [-0.1, -0.05) is 13.8 Å². The zero-order valence-electron chi connectivity index (χ0n) is 18.0. The molecular weight excluding hydrogens is 394 g/mol. The van der Waals surface area contributed by atoms with Gasteiger partial charge in [-0.2, -0.15) is 4.31 Å². The van der Waals surface area contributed by atoms with E-state index in [1.54, 1.807) is 19.9 Å². The minimum atomic E-state index is -3.63. The number of sulfonamides is 1. The van der Waals surface area contributed by atoms with E-state index >= 15 is 0 Å². The van der Waals surface area contributed by atoms with Gasteiger partial charge in [0.2, 0.25) is 15.9 Å². The summed E-state index contributed by atoms with van der Waals surface area (Å²) in [5.74, 6) is 0.229. The van der Waals surface area contributed by atoms with Gasteiger partial charge in [0.25, 0.3) is 0 Å². The number of morpholine rings is 1. The van der Waals surface area contributed by atoms with Gasteiger partial charge in [0.1, 0.15) is 5.75 Å². The van der Waals surface area contributed by atoms with Crippen molar-refractivity contribution in [2.45, 2.75) is 51.7 Å². The molecular formula is C20H33N3O5S. The SMILES string of the molecule is CCOc1ccc(S(=O)(=O)N(CC)CC)cc1NC(=O)CN1C[C@@H](C)O[C@@H](C)C1. The summed E-state index contributed by atoms with van der Waals surface area (Å²) in [6, 6.07) is 4.58. The smallest absolute Gasteiger partial charge is 0.243 e. The fourth-order valence-corrected chi connectivity index (χ4v) is 5.05. The number of rotatable bonds is 9. The van der Waals surface area contributed by atoms with Gasteiger partial charge in [-0.15, -0.1) is 0 Å². The third kappa shape index (κ3) is 6.15. The number of hydrogen-bond donors (Lipinski definition) is 1. The molecule has 0 saturated carbocycles. The van der Waals surface area contributed by atoms with Gasteiger partial charge in [0.15, 0.2) is 0 Å². The minimum absolute atomic E-state index is 0.0630. The van der Waals surface area contributed by atoms with E-state index in [4.69, 9.17) is 9.47 Å². The molecule has 1 fully saturated rings. The zero-order chi connectivity index (χ0) is 21.6. The monoisotopic (exact) mass is 427 g/mol. The van der Waals surface area contributed by atoms with Crippen LogP contribution in [0.1, 0.15) is 34.6 Å². The summed E-state index contributed by atoms with van der Waals surface area (Å²) in [7, 11) is -3.63. The van der Waals surface area contributed by atoms with Gasteiger partial charge in [0.05, 0.1) is 35.9 Å². The van der Waals surface area contributed by atoms with Gasteiger partial charge >= 0.3 is 0 Å². The molecule has 29 heavy (non-hydrogen) atoms. The first kappa shape index (κ1) is 23.6. The largest absolute Gasteiger partial charge is 0.492 e. The summed E-state index contributed by atoms with van der Waals surface area (Å²) < 4.78 is 38.3. The summed E-state index contributed by atoms with van der Waals surface area (Å²) >= 11 is 0. The lowest BCUT2D eigenvalue weighted by atomic mass is 10.2. The Hall–Kier alpha value is -1.68. The zero-order valence-corrected chi connectivity index (χ0v) is 18.8. The van der Waals surface area contributed by atoms with E-state index in [0.717, 1.165) is 0 Å². The van der Waals surface area contributed by atoms with Crippen LogP contribution < -0.4 is 10.1 Å². The lowest BCUT2D eigenvalue weighted by Gasteiger charge is -2.34. The molecule has 2 rings (SSSR count). The van der Waals surface area contributed by atoms with Gasteiger partial charge in [-0.05, 0) is 39.0 Å². The van der Waals surface area contributed by atoms with Crippen LogP contribution in [-0.2, 0) is 19.6 Å². The fraction of sp³-hybridized carbons (Fsp3) is 0.650. The van der Waals surface area contributed by atoms with Crippen LogP contribution in [0.4, 0.5) is 5.69 Å². The highest BCUT2D eigenvalue weighted by Crippen LogP contribution is 2.29. The Labute approximate surface area is 174 Å². The molecule has 0 aromatic heterocycles. The summed E-state index contributed by atoms with van der Waals surface area (Å²) in [6.07, 6.45) is 0.126. The fourth-order valence-electron chi connectivity index (χ4n) is 3.57. The van der Waals surface area contributed by atoms with Gasteiger partial charge in [-0.3, -0.25) is 9.69 Å². The second kappa shape index (κ2) is 10.4. The van der Waals surface area contributed by atoms with Crippen LogP contribution in [0.2, 0.25) is 0 Å². The maximum Gasteiger partial charge on any atom is 0.243 e. The van der Waals surface area contributed by atoms with Gasteiger partial charge in [0, 0.05) is 26.2 Å². The van der Waals surface area contributed by atoms with E-state index in [1.807, 2.05) is 25.7 Å². The molecule has 1 aliphatic rings. The molecule has 8 nitrogen and oxygen atoms in total. The third-order valence-corrected chi connectivity index (χ3v) is 6.78. The second-order valence-electron chi connectivity index (χ2n) is 7.18. The standard InChI is InChI=1S/C20H33N3O5S/c1-6-23(7-2)29(25,26)17-9-10-19(27-8-3)18(11-17)21-20(24)14-22-12-15(4)28-16(5)13-22/h9-11,15-16H,6-8,12-14H2,1-5H3,(H,21,24)/t15-,16+. The van der Waals surface area contributed by atoms with Crippen molar-refractivity contribution >= 4 is 21.6 Å². The summed E-state index contributed by atoms with van der Waals surface area (Å²) in [5, 5.41) is 2.83. The molecule has 0 unspecified atom stereocenters. The van der Waals surface area contributed by atoms with Crippen molar-refractivity contribution in [2.24, 2.45) is 0 Å². The molecule has 1 aliphatic heterocycles. The number of anilines is 1. The maximum atomic E-state index is 12.8. The van der Waals surface area contributed by atoms with Gasteiger partial charge in [-0.25, -0.2) is 8.42 Å². The minimum Gasteiger partial charge on any atom is -0.492 e. The van der Waals surface area contributed by atoms with Crippen LogP contribution in [0.5, 0.6) is 5.75 Å². The van der Waals surface area contributed by atoms with E-state index in [2.05, 4.69) is 5.32 Å². The van der Waals surface area contributed by atoms with Crippen LogP contribution in [0.25, 0.3) is 0 Å². The molecule has 2 atom stereocenters. The molecule has 164 valence electrons. The molecule has 1 aromatic carbocycles. The third-order valence-electron chi connectivity index (χ3n) is 4.73. The van der Waals surface area contributed by atoms with Crippen LogP contribution in [0.15, 0.2) is 23.1 Å². The number of amides is 1. The van der Waals surface area contributed by atoms with E-state index in [0.29, 0.717) is 44.2 Å². The normalized spacial score (nSPS) is 20.6. The quantitative estimate of drug-likeness (QED) is 0.650. The number of carbonyl (C=O) groups is 1. The molecule has 1 amide bonds. The first-order valence-electron chi connectivity index (χ1n) is 10.2. The Morgan fingerprint density at radius 1 is 1.21 bits per heavy atom. The Bertz CT molecular complexity index is 785. The molecule has 0 radical (unpaired) electrons. The molecule has 9 heteroatoms. The van der Waals surface area contributed by atoms with Crippen molar-refractivity contribution in [3.05, 3.63) is 18.2 Å². The highest BCUT2D eigenvalue weighted by Gasteiger charge is 2.26. The van der Waals surface area contributed by atoms with Crippen molar-refractivity contribution in [3.8, 4) is 5.75 Å². The van der Waals surface area contributed by atoms with Crippen molar-refractivity contribution < 1.29 is 22.7 Å². The lowest BCUT2D eigenvalue weighted by Crippen LogP contribution is -2.48. The molecule has 0 aliphatic carbocycles.